The van der Waals surface area contributed by atoms with Gasteiger partial charge >= 0.3 is 0 Å². The summed E-state index contributed by atoms with van der Waals surface area (Å²) in [6.45, 7) is 80.8. The van der Waals surface area contributed by atoms with Gasteiger partial charge in [0.15, 0.2) is 33.3 Å². The second-order valence-corrected chi connectivity index (χ2v) is 63.6. The Balaban J connectivity index is 0.000000216. The summed E-state index contributed by atoms with van der Waals surface area (Å²) in [6, 6.07) is 0. The minimum atomic E-state index is -1.83. The smallest absolute Gasteiger partial charge is 0.191 e. The maximum absolute atomic E-state index is 10.3. The minimum Gasteiger partial charge on any atom is -0.417 e. The molecule has 9 fully saturated rings. The van der Waals surface area contributed by atoms with Crippen LogP contribution in [-0.2, 0) is 17.7 Å². The van der Waals surface area contributed by atoms with E-state index in [4.69, 9.17) is 24.1 Å². The van der Waals surface area contributed by atoms with E-state index in [1.54, 1.807) is 0 Å². The number of hydrogen-bond donors (Lipinski definition) is 3. The molecule has 0 saturated heterocycles. The van der Waals surface area contributed by atoms with Gasteiger partial charge in [0.2, 0.25) is 0 Å². The zero-order chi connectivity index (χ0) is 75.4. The first-order chi connectivity index (χ1) is 45.8. The van der Waals surface area contributed by atoms with Crippen LogP contribution in [0.15, 0.2) is 25.3 Å². The fourth-order valence-electron chi connectivity index (χ4n) is 23.2. The Hall–Kier alpha value is -0.372. The van der Waals surface area contributed by atoms with Crippen molar-refractivity contribution in [2.24, 2.45) is 133 Å². The lowest BCUT2D eigenvalue weighted by atomic mass is 9.48. The van der Waals surface area contributed by atoms with Crippen LogP contribution in [0.3, 0.4) is 0 Å². The Morgan fingerprint density at radius 3 is 1.04 bits per heavy atom. The second-order valence-electron chi connectivity index (χ2n) is 44.3. The van der Waals surface area contributed by atoms with E-state index in [-0.39, 0.29) is 61.6 Å². The highest BCUT2D eigenvalue weighted by molar-refractivity contribution is 6.75. The lowest BCUT2D eigenvalue weighted by Gasteiger charge is -2.58. The zero-order valence-corrected chi connectivity index (χ0v) is 75.1. The van der Waals surface area contributed by atoms with Crippen LogP contribution in [-0.4, -0.2) is 94.3 Å². The van der Waals surface area contributed by atoms with Gasteiger partial charge in [0.25, 0.3) is 0 Å². The van der Waals surface area contributed by atoms with Crippen LogP contribution in [0.5, 0.6) is 0 Å². The Morgan fingerprint density at radius 1 is 0.390 bits per heavy atom. The normalized spacial score (nSPS) is 42.2. The van der Waals surface area contributed by atoms with Crippen molar-refractivity contribution in [1.29, 1.82) is 0 Å². The molecular weight excluding hydrogens is 1290 g/mol. The lowest BCUT2D eigenvalue weighted by molar-refractivity contribution is -0.112. The fourth-order valence-corrected chi connectivity index (χ4v) is 27.4. The first-order valence-corrected chi connectivity index (χ1v) is 53.6. The molecule has 3 N–H and O–H groups in total. The number of aliphatic hydroxyl groups excluding tert-OH is 3. The highest BCUT2D eigenvalue weighted by Crippen LogP contribution is 2.68. The third-order valence-electron chi connectivity index (χ3n) is 35.1. The van der Waals surface area contributed by atoms with Gasteiger partial charge in [-0.2, -0.15) is 0 Å². The van der Waals surface area contributed by atoms with E-state index in [1.807, 2.05) is 0 Å². The van der Waals surface area contributed by atoms with Gasteiger partial charge in [-0.15, -0.1) is 25.5 Å². The predicted octanol–water partition coefficient (Wildman–Crippen LogP) is 24.3. The molecule has 11 heteroatoms. The highest BCUT2D eigenvalue weighted by Gasteiger charge is 2.63. The van der Waals surface area contributed by atoms with Crippen molar-refractivity contribution in [2.45, 2.75) is 352 Å². The van der Waals surface area contributed by atoms with Crippen LogP contribution < -0.4 is 0 Å². The molecule has 0 aromatic rings. The number of fused-ring (bicyclic) bond motifs is 3. The van der Waals surface area contributed by atoms with Crippen molar-refractivity contribution in [3.05, 3.63) is 25.3 Å². The first-order valence-electron chi connectivity index (χ1n) is 42.0. The van der Waals surface area contributed by atoms with E-state index < -0.39 is 33.3 Å². The van der Waals surface area contributed by atoms with Crippen molar-refractivity contribution in [2.75, 3.05) is 39.6 Å². The Labute approximate surface area is 624 Å². The fraction of sp³-hybridized carbons (Fsp3) is 0.933. The molecule has 0 aliphatic heterocycles. The highest BCUT2D eigenvalue weighted by atomic mass is 28.4. The largest absolute Gasteiger partial charge is 0.417 e. The first kappa shape index (κ1) is 86.9. The summed E-state index contributed by atoms with van der Waals surface area (Å²) in [6.07, 6.45) is 36.1. The van der Waals surface area contributed by atoms with E-state index in [9.17, 15) is 15.3 Å². The lowest BCUT2D eigenvalue weighted by Crippen LogP contribution is -2.54. The molecule has 9 aliphatic rings. The molecule has 580 valence electrons. The Kier molecular flexibility index (Phi) is 27.7. The summed E-state index contributed by atoms with van der Waals surface area (Å²) >= 11 is 0. The van der Waals surface area contributed by atoms with Crippen LogP contribution in [0, 0.1) is 145 Å². The summed E-state index contributed by atoms with van der Waals surface area (Å²) in [5, 5.41) is 31.3. The molecule has 9 aliphatic carbocycles. The van der Waals surface area contributed by atoms with Crippen LogP contribution in [0.25, 0.3) is 0 Å². The maximum Gasteiger partial charge on any atom is 0.191 e. The summed E-state index contributed by atoms with van der Waals surface area (Å²) in [5.74, 6) is 13.4. The number of terminal acetylenes is 1. The number of allylic oxidation sites excluding steroid dienone is 2. The molecule has 100 heavy (non-hydrogen) atoms. The third kappa shape index (κ3) is 17.4. The Morgan fingerprint density at radius 2 is 0.690 bits per heavy atom. The molecule has 0 radical (unpaired) electrons. The topological polar surface area (TPSA) is 97.6 Å². The van der Waals surface area contributed by atoms with Crippen molar-refractivity contribution < 1.29 is 33.0 Å². The minimum absolute atomic E-state index is 0.0367. The van der Waals surface area contributed by atoms with Crippen LogP contribution in [0.2, 0.25) is 72.5 Å². The second kappa shape index (κ2) is 31.9. The van der Waals surface area contributed by atoms with E-state index in [0.717, 1.165) is 69.4 Å². The van der Waals surface area contributed by atoms with Crippen molar-refractivity contribution in [3.8, 4) is 12.3 Å². The van der Waals surface area contributed by atoms with Gasteiger partial charge in [0.05, 0.1) is 6.10 Å². The monoisotopic (exact) mass is 1460 g/mol. The van der Waals surface area contributed by atoms with Gasteiger partial charge in [-0.25, -0.2) is 0 Å². The standard InChI is InChI=1S/C34H66O2Si2.C34H64O2Si2.C21H36O3/c2*1-15-26-16-17-29-28(24-36-38(13,14)32(6,7)8)30(19-21-33(26,29)9)34(10)20-18-25(2)22-27(34)23-35-37(11,12)31(3,4)5;1-4-14-5-6-18-17(13-23)19(8-10-20(14,18)2)21(3)9-7-16(24)11-15(21)12-22/h15,25-30H,1,16-24H2,2-14H3;1,25-30H,16-24H2,2-14H3;4,14-19,22-24H,1,5-13H2,2-3H3/t2*25-,26?,27+,28-,29?,30?,33+,34-;14?,15-,16+,17+,18?,19?,20-,21+/m001/s1. The summed E-state index contributed by atoms with van der Waals surface area (Å²) < 4.78 is 28.2. The quantitative estimate of drug-likeness (QED) is 0.0673. The van der Waals surface area contributed by atoms with E-state index in [1.165, 1.54) is 109 Å². The van der Waals surface area contributed by atoms with Crippen molar-refractivity contribution >= 4 is 33.3 Å². The third-order valence-corrected chi connectivity index (χ3v) is 53.1. The SMILES string of the molecule is C#CC1CCC2[C@H](CO[Si](C)(C)C(C)(C)C)C([C@@]3(C)CC[C@H](C)C[C@@H]3CO[Si](C)(C)C(C)(C)C)CC[C@]12C.C=CC1CCC2[C@H](CO)C([C@@]3(C)CC[C@H](O)C[C@@H]3CO)CC[C@]12C.C=CC1CCC2[C@H](CO[Si](C)(C)C(C)(C)C)C([C@@]3(C)CC[C@H](C)C[C@@H]3CO[Si](C)(C)C(C)(C)C)CC[C@]12C. The molecule has 0 bridgehead atoms. The molecule has 0 aromatic carbocycles. The molecule has 0 aromatic heterocycles. The van der Waals surface area contributed by atoms with Gasteiger partial charge in [0, 0.05) is 45.6 Å². The molecule has 0 spiro atoms. The van der Waals surface area contributed by atoms with E-state index in [2.05, 4.69) is 222 Å². The predicted molar refractivity (Wildman–Crippen MR) is 438 cm³/mol. The average molecular weight is 1460 g/mol. The van der Waals surface area contributed by atoms with E-state index in [0.29, 0.717) is 93.7 Å². The zero-order valence-electron chi connectivity index (χ0n) is 71.1. The Bertz CT molecular complexity index is 2710. The molecule has 24 atom stereocenters. The number of rotatable bonds is 19. The molecular formula is C89H166O7Si4. The van der Waals surface area contributed by atoms with Gasteiger partial charge in [-0.05, 0) is 322 Å². The summed E-state index contributed by atoms with van der Waals surface area (Å²) in [4.78, 5) is 0. The van der Waals surface area contributed by atoms with Gasteiger partial charge in [-0.1, -0.05) is 163 Å². The molecule has 0 heterocycles. The van der Waals surface area contributed by atoms with Gasteiger partial charge in [0.1, 0.15) is 0 Å². The number of hydrogen-bond acceptors (Lipinski definition) is 7. The molecule has 0 amide bonds. The molecule has 7 nitrogen and oxygen atoms in total. The molecule has 9 rings (SSSR count). The van der Waals surface area contributed by atoms with Crippen LogP contribution in [0.4, 0.5) is 0 Å². The van der Waals surface area contributed by atoms with Gasteiger partial charge < -0.3 is 33.0 Å². The van der Waals surface area contributed by atoms with Gasteiger partial charge in [-0.3, -0.25) is 0 Å². The van der Waals surface area contributed by atoms with Crippen molar-refractivity contribution in [1.82, 2.24) is 0 Å². The van der Waals surface area contributed by atoms with Crippen LogP contribution in [0.1, 0.15) is 273 Å². The molecule has 9 unspecified atom stereocenters. The average Bonchev–Trinajstić information content (AvgIpc) is 1.45. The van der Waals surface area contributed by atoms with E-state index >= 15 is 0 Å². The summed E-state index contributed by atoms with van der Waals surface area (Å²) in [5.41, 5.74) is 1.64. The van der Waals surface area contributed by atoms with Crippen molar-refractivity contribution in [3.63, 3.8) is 0 Å². The maximum atomic E-state index is 10.3. The van der Waals surface area contributed by atoms with Crippen LogP contribution >= 0.6 is 0 Å². The number of aliphatic hydroxyl groups is 3. The summed E-state index contributed by atoms with van der Waals surface area (Å²) in [7, 11) is -7.22. The molecule has 9 saturated carbocycles.